The number of nitrogens with zero attached hydrogens (tertiary/aromatic N) is 2. The van der Waals surface area contributed by atoms with E-state index in [1.807, 2.05) is 0 Å². The molecule has 8 rings (SSSR count). The quantitative estimate of drug-likeness (QED) is 0.0132. The van der Waals surface area contributed by atoms with Gasteiger partial charge in [0.15, 0.2) is 6.04 Å². The van der Waals surface area contributed by atoms with Crippen molar-refractivity contribution in [2.75, 3.05) is 19.8 Å². The predicted octanol–water partition coefficient (Wildman–Crippen LogP) is -9.01. The Bertz CT molecular complexity index is 3670. The Morgan fingerprint density at radius 2 is 1.34 bits per heavy atom. The summed E-state index contributed by atoms with van der Waals surface area (Å²) in [5.41, 5.74) is 28.3. The van der Waals surface area contributed by atoms with Crippen LogP contribution in [0.25, 0.3) is 10.9 Å². The molecule has 0 aliphatic carbocycles. The van der Waals surface area contributed by atoms with E-state index in [9.17, 15) is 78.0 Å². The van der Waals surface area contributed by atoms with Crippen LogP contribution in [0.4, 0.5) is 0 Å². The van der Waals surface area contributed by atoms with E-state index in [2.05, 4.69) is 68.5 Å². The number of aliphatic hydroxyl groups is 2. The Morgan fingerprint density at radius 1 is 0.723 bits per heavy atom. The van der Waals surface area contributed by atoms with Gasteiger partial charge in [-0.05, 0) is 59.2 Å². The highest BCUT2D eigenvalue weighted by Gasteiger charge is 2.43. The minimum absolute atomic E-state index is 0.0164. The monoisotopic (exact) mass is 1310 g/mol. The van der Waals surface area contributed by atoms with Crippen LogP contribution in [0.1, 0.15) is 73.0 Å². The number of carboxylic acid groups (broad SMARTS) is 1. The highest BCUT2D eigenvalue weighted by atomic mass is 16.4. The van der Waals surface area contributed by atoms with Gasteiger partial charge in [0.25, 0.3) is 5.91 Å². The van der Waals surface area contributed by atoms with Crippen molar-refractivity contribution in [1.29, 1.82) is 0 Å². The van der Waals surface area contributed by atoms with Crippen LogP contribution in [0.15, 0.2) is 91.5 Å². The molecule has 5 heterocycles. The number of hydrogen-bond acceptors (Lipinski definition) is 16. The molecule has 5 aromatic rings. The number of nitrogens with two attached hydrogens (primary N) is 4. The fraction of sp³-hybridized carbons (Fsp3) is 0.400. The van der Waals surface area contributed by atoms with Gasteiger partial charge in [-0.25, -0.2) is 9.78 Å². The lowest BCUT2D eigenvalue weighted by Crippen LogP contribution is -2.78. The number of phenols is 1. The molecule has 3 aliphatic heterocycles. The van der Waals surface area contributed by atoms with Crippen molar-refractivity contribution in [2.45, 2.75) is 125 Å². The third-order valence-electron chi connectivity index (χ3n) is 15.8. The number of aliphatic carboxylic acids is 1. The van der Waals surface area contributed by atoms with Gasteiger partial charge in [-0.3, -0.25) is 69.2 Å². The first-order chi connectivity index (χ1) is 44.7. The first-order valence-corrected chi connectivity index (χ1v) is 29.8. The zero-order chi connectivity index (χ0) is 68.7. The zero-order valence-electron chi connectivity index (χ0n) is 51.1. The van der Waals surface area contributed by atoms with Gasteiger partial charge in [0.1, 0.15) is 60.1 Å². The smallest absolute Gasteiger partial charge is 0.338 e. The van der Waals surface area contributed by atoms with Gasteiger partial charge in [-0.1, -0.05) is 68.4 Å². The third kappa shape index (κ3) is 18.2. The molecule has 0 spiro atoms. The van der Waals surface area contributed by atoms with Crippen molar-refractivity contribution in [3.8, 4) is 5.75 Å². The second-order valence-electron chi connectivity index (χ2n) is 23.1. The first-order valence-electron chi connectivity index (χ1n) is 29.8. The Morgan fingerprint density at radius 3 is 1.96 bits per heavy atom. The number of H-pyrrole nitrogens is 1. The molecule has 2 aromatic heterocycles. The molecule has 3 aliphatic rings. The second kappa shape index (κ2) is 31.8. The number of carboxylic acids is 1. The molecule has 0 saturated carbocycles. The second-order valence-corrected chi connectivity index (χ2v) is 23.1. The molecule has 11 amide bonds. The fourth-order valence-electron chi connectivity index (χ4n) is 10.9. The number of carbonyl (C=O) groups is 12. The van der Waals surface area contributed by atoms with Gasteiger partial charge in [-0.15, -0.1) is 0 Å². The summed E-state index contributed by atoms with van der Waals surface area (Å²) in [6, 6.07) is 0.228. The number of aromatic nitrogens is 3. The molecule has 34 nitrogen and oxygen atoms in total. The predicted molar refractivity (Wildman–Crippen MR) is 329 cm³/mol. The summed E-state index contributed by atoms with van der Waals surface area (Å²) in [6.07, 6.45) is 2.73. The van der Waals surface area contributed by atoms with E-state index in [0.717, 1.165) is 0 Å². The summed E-state index contributed by atoms with van der Waals surface area (Å²) in [4.78, 5) is 178. The van der Waals surface area contributed by atoms with Crippen LogP contribution in [0.3, 0.4) is 0 Å². The number of amides is 11. The van der Waals surface area contributed by atoms with Crippen molar-refractivity contribution in [3.05, 3.63) is 119 Å². The molecular weight excluding hydrogens is 1230 g/mol. The number of guanidine groups is 1. The van der Waals surface area contributed by atoms with Gasteiger partial charge in [0.2, 0.25) is 59.1 Å². The molecule has 0 unspecified atom stereocenters. The van der Waals surface area contributed by atoms with Gasteiger partial charge in [-0.2, -0.15) is 0 Å². The number of carbonyl (C=O) groups excluding carboxylic acids is 11. The van der Waals surface area contributed by atoms with E-state index in [1.165, 1.54) is 67.3 Å². The highest BCUT2D eigenvalue weighted by Crippen LogP contribution is 2.29. The topological polar surface area (TPSA) is 573 Å². The Hall–Kier alpha value is -11.0. The highest BCUT2D eigenvalue weighted by molar-refractivity contribution is 6.02. The number of hydrogen-bond donors (Lipinski definition) is 20. The molecule has 12 atom stereocenters. The lowest BCUT2D eigenvalue weighted by atomic mass is 9.88. The summed E-state index contributed by atoms with van der Waals surface area (Å²) < 4.78 is 1.36. The average Bonchev–Trinajstić information content (AvgIpc) is 1.50. The minimum Gasteiger partial charge on any atom is -0.508 e. The SMILES string of the molecule is CC(C)[C@H](NC(=O)[C@H]1NC(=O)[C@H](CO)NC(=O)[C@H](CC(N)=O)NC(=O)[C@@H]([NH3+])Cc2c[nH]c3cc(ccc23)[C@H]1C(N)=O)C(=O)N[C@H]1Cc2cn(cn2)[C@H](c2ccc(O)cc2)[C@@H](C(=O)N[C@@H](CCC[NH+]=C(N)N)C(=O)N[C@@H](Cc2ccccc2)C(=O)O)NC(=O)[C@H](CO)NC1=O. The van der Waals surface area contributed by atoms with Crippen molar-refractivity contribution < 1.29 is 88.7 Å². The fourth-order valence-corrected chi connectivity index (χ4v) is 10.9. The summed E-state index contributed by atoms with van der Waals surface area (Å²) >= 11 is 0. The van der Waals surface area contributed by atoms with Crippen LogP contribution in [0.2, 0.25) is 0 Å². The molecule has 6 bridgehead atoms. The van der Waals surface area contributed by atoms with Crippen LogP contribution < -0.4 is 81.5 Å². The number of aromatic hydroxyl groups is 1. The first kappa shape index (κ1) is 70.5. The number of imidazole rings is 1. The van der Waals surface area contributed by atoms with Gasteiger partial charge in [0, 0.05) is 42.6 Å². The summed E-state index contributed by atoms with van der Waals surface area (Å²) in [5, 5.41) is 64.5. The maximum Gasteiger partial charge on any atom is 0.338 e. The molecule has 0 fully saturated rings. The number of phenolic OH excluding ortho intramolecular Hbond substituents is 1. The van der Waals surface area contributed by atoms with Crippen LogP contribution in [-0.4, -0.2) is 192 Å². The van der Waals surface area contributed by atoms with Gasteiger partial charge < -0.3 is 95.0 Å². The van der Waals surface area contributed by atoms with E-state index < -0.39 is 175 Å². The maximum absolute atomic E-state index is 15.0. The van der Waals surface area contributed by atoms with Gasteiger partial charge >= 0.3 is 11.9 Å². The number of aliphatic hydroxyl groups excluding tert-OH is 2. The normalized spacial score (nSPS) is 22.2. The van der Waals surface area contributed by atoms with Gasteiger partial charge in [0.05, 0.1) is 50.2 Å². The van der Waals surface area contributed by atoms with Crippen LogP contribution in [0.5, 0.6) is 5.75 Å². The number of aromatic amines is 1. The number of fused-ring (bicyclic) bond motifs is 14. The average molecular weight is 1310 g/mol. The number of primary amides is 2. The van der Waals surface area contributed by atoms with E-state index in [0.29, 0.717) is 22.0 Å². The van der Waals surface area contributed by atoms with Crippen LogP contribution >= 0.6 is 0 Å². The van der Waals surface area contributed by atoms with Crippen molar-refractivity contribution in [2.24, 2.45) is 28.9 Å². The van der Waals surface area contributed by atoms with E-state index >= 15 is 0 Å². The third-order valence-corrected chi connectivity index (χ3v) is 15.8. The molecule has 0 radical (unpaired) electrons. The standard InChI is InChI=1S/C60H76N18O16/c1-27(2)45(75-57(91)46-44(49(63)83)30-12-15-34-31(22-67-37(34)19-30)18-35(61)50(84)70-39(21-43(62)82)53(87)74-41(24-79)54(88)76-46)56(90)71-38-20-32-23-78(26-68-32)48(29-10-13-33(81)14-11-29)47(77-55(89)42(25-80)73-52(38)86)58(92)69-36(9-6-16-66-60(64)65)51(85)72-40(59(93)94)17-28-7-4-3-5-8-28/h3-5,7-8,10-15,19,22-23,26-27,35-36,38-42,44-48,67,79-81H,6,9,16-18,20-21,24-25,61H2,1-2H3,(H2,62,82)(H2,63,83)(H,69,92)(H,70,84)(H,71,90)(H,72,85)(H,73,86)(H,74,87)(H,75,91)(H,76,88)(H,77,89)(H,93,94)(H4,64,65,66)/p+2/t35-,36-,38-,39-,40-,41-,42-,44+,45-,46-,47-,48+/m0/s1. The van der Waals surface area contributed by atoms with Crippen molar-refractivity contribution >= 4 is 87.8 Å². The van der Waals surface area contributed by atoms with Crippen LogP contribution in [0, 0.1) is 5.92 Å². The number of nitrogens with one attached hydrogen (secondary N) is 11. The minimum atomic E-state index is -2.06. The molecule has 0 saturated heterocycles. The molecule has 34 heteroatoms. The Labute approximate surface area is 535 Å². The summed E-state index contributed by atoms with van der Waals surface area (Å²) in [6.45, 7) is 0.823. The Balaban J connectivity index is 1.21. The summed E-state index contributed by atoms with van der Waals surface area (Å²) in [7, 11) is 0. The molecular formula is C60H78N18O16+2. The lowest BCUT2D eigenvalue weighted by molar-refractivity contribution is -0.459. The largest absolute Gasteiger partial charge is 0.508 e. The molecule has 3 aromatic carbocycles. The van der Waals surface area contributed by atoms with Crippen LogP contribution in [-0.2, 0) is 76.8 Å². The lowest BCUT2D eigenvalue weighted by Gasteiger charge is -2.32. The molecule has 26 N–H and O–H groups in total. The van der Waals surface area contributed by atoms with E-state index in [-0.39, 0.29) is 60.8 Å². The van der Waals surface area contributed by atoms with Crippen molar-refractivity contribution in [1.82, 2.24) is 62.4 Å². The summed E-state index contributed by atoms with van der Waals surface area (Å²) in [5.74, 6) is -16.4. The number of rotatable bonds is 22. The Kier molecular flexibility index (Phi) is 23.9. The maximum atomic E-state index is 15.0. The van der Waals surface area contributed by atoms with Crippen molar-refractivity contribution in [3.63, 3.8) is 0 Å². The molecule has 502 valence electrons. The zero-order valence-corrected chi connectivity index (χ0v) is 51.1. The molecule has 94 heavy (non-hydrogen) atoms. The van der Waals surface area contributed by atoms with E-state index in [1.54, 1.807) is 42.6 Å². The number of benzene rings is 3. The van der Waals surface area contributed by atoms with E-state index in [4.69, 9.17) is 22.9 Å². The number of quaternary nitrogens is 1.